The molecule has 6 bridgehead atoms. The summed E-state index contributed by atoms with van der Waals surface area (Å²) in [5, 5.41) is 12.7. The Bertz CT molecular complexity index is 2600. The van der Waals surface area contributed by atoms with Crippen molar-refractivity contribution in [1.82, 2.24) is 19.5 Å². The number of aromatic nitrogens is 2. The van der Waals surface area contributed by atoms with Gasteiger partial charge in [-0.25, -0.2) is 9.46 Å². The minimum absolute atomic E-state index is 0.00640. The first-order valence-electron chi connectivity index (χ1n) is 24.3. The number of fused-ring (bicyclic) bond motifs is 2. The molecule has 15 heteroatoms. The van der Waals surface area contributed by atoms with Crippen molar-refractivity contribution >= 4 is 14.4 Å². The maximum atomic E-state index is 14.1. The summed E-state index contributed by atoms with van der Waals surface area (Å²) in [5.74, 6) is 9.28. The number of methoxy groups -OCH3 is 2. The number of carbonyl (C=O) groups excluding carboxylic acids is 1. The normalized spacial score (nSPS) is 27.0. The molecule has 2 aliphatic heterocycles. The number of hydrogen-bond acceptors (Lipinski definition) is 11. The number of H-pyrrole nitrogens is 1. The van der Waals surface area contributed by atoms with Gasteiger partial charge in [0.15, 0.2) is 6.23 Å². The van der Waals surface area contributed by atoms with Crippen LogP contribution >= 0.6 is 8.53 Å². The molecule has 4 saturated carbocycles. The van der Waals surface area contributed by atoms with E-state index in [0.29, 0.717) is 29.3 Å². The van der Waals surface area contributed by atoms with E-state index in [0.717, 1.165) is 36.0 Å². The highest BCUT2D eigenvalue weighted by Gasteiger charge is 2.66. The highest BCUT2D eigenvalue weighted by atomic mass is 31.2. The van der Waals surface area contributed by atoms with Crippen LogP contribution in [0.1, 0.15) is 108 Å². The lowest BCUT2D eigenvalue weighted by molar-refractivity contribution is -0.180. The van der Waals surface area contributed by atoms with Crippen molar-refractivity contribution in [2.75, 3.05) is 34.0 Å². The molecule has 5 atom stereocenters. The van der Waals surface area contributed by atoms with Gasteiger partial charge in [0.2, 0.25) is 5.91 Å². The van der Waals surface area contributed by atoms with E-state index >= 15 is 0 Å². The molecule has 364 valence electrons. The molecular formula is C54H64N5O9P. The van der Waals surface area contributed by atoms with E-state index in [4.69, 9.17) is 28.0 Å². The van der Waals surface area contributed by atoms with Crippen LogP contribution < -0.4 is 26.0 Å². The molecule has 4 aliphatic carbocycles. The second-order valence-electron chi connectivity index (χ2n) is 20.2. The minimum Gasteiger partial charge on any atom is -0.497 e. The highest BCUT2D eigenvalue weighted by molar-refractivity contribution is 7.44. The fourth-order valence-corrected chi connectivity index (χ4v) is 14.4. The first kappa shape index (κ1) is 48.7. The van der Waals surface area contributed by atoms with Gasteiger partial charge in [-0.3, -0.25) is 19.1 Å². The molecule has 4 aromatic rings. The maximum Gasteiger partial charge on any atom is 0.330 e. The van der Waals surface area contributed by atoms with Crippen molar-refractivity contribution < 1.29 is 32.8 Å². The van der Waals surface area contributed by atoms with Crippen molar-refractivity contribution in [3.05, 3.63) is 128 Å². The van der Waals surface area contributed by atoms with Crippen LogP contribution in [0.25, 0.3) is 0 Å². The number of aromatic amines is 1. The van der Waals surface area contributed by atoms with Gasteiger partial charge in [-0.15, -0.1) is 0 Å². The van der Waals surface area contributed by atoms with Crippen LogP contribution in [0.5, 0.6) is 11.5 Å². The molecular weight excluding hydrogens is 894 g/mol. The van der Waals surface area contributed by atoms with Gasteiger partial charge in [0.25, 0.3) is 14.1 Å². The zero-order chi connectivity index (χ0) is 48.5. The smallest absolute Gasteiger partial charge is 0.330 e. The van der Waals surface area contributed by atoms with Gasteiger partial charge in [0.05, 0.1) is 46.5 Å². The Morgan fingerprint density at radius 3 is 2.03 bits per heavy atom. The Labute approximate surface area is 405 Å². The van der Waals surface area contributed by atoms with Gasteiger partial charge >= 0.3 is 5.69 Å². The van der Waals surface area contributed by atoms with E-state index in [9.17, 15) is 19.6 Å². The molecule has 2 N–H and O–H groups in total. The number of hydrogen-bond donors (Lipinski definition) is 2. The maximum absolute atomic E-state index is 14.1. The summed E-state index contributed by atoms with van der Waals surface area (Å²) >= 11 is 0. The number of nitriles is 1. The third-order valence-electron chi connectivity index (χ3n) is 15.2. The van der Waals surface area contributed by atoms with Crippen molar-refractivity contribution in [1.29, 1.82) is 5.26 Å². The number of benzene rings is 3. The molecule has 10 rings (SSSR count). The third kappa shape index (κ3) is 9.40. The number of nitrogens with one attached hydrogen (secondary N) is 2. The van der Waals surface area contributed by atoms with E-state index in [-0.39, 0.29) is 61.6 Å². The molecule has 3 unspecified atom stereocenters. The standard InChI is InChI=1S/C54H64N5O9P/c1-35(2)59(36(3)4)69(66-25-11-23-55)68-47-46-49(58-32-40(48(60)57-51(58)62)12-10-24-56-50(61)52-29-37-26-38(30-52)28-39(27-37)31-52)67-53(47,34-65-46)33-54(41-13-8-7-9-14-41,42-15-19-44(63-5)20-16-42)43-17-21-45(64-6)22-18-43/h7-9,13-22,32,35-39,46-47,49H,11,24-31,33-34H2,1-6H3,(H,56,61)(H,57,60,62)/t37?,38?,39?,46?,47-,49-,52?,53?,69?/m1/s1. The number of carbonyl (C=O) groups is 1. The molecule has 6 aliphatic rings. The van der Waals surface area contributed by atoms with Crippen LogP contribution in [0.15, 0.2) is 94.6 Å². The molecule has 6 fully saturated rings. The van der Waals surface area contributed by atoms with E-state index < -0.39 is 49.2 Å². The monoisotopic (exact) mass is 957 g/mol. The van der Waals surface area contributed by atoms with Crippen molar-refractivity contribution in [3.8, 4) is 29.4 Å². The Morgan fingerprint density at radius 2 is 1.48 bits per heavy atom. The quantitative estimate of drug-likeness (QED) is 0.0430. The van der Waals surface area contributed by atoms with Gasteiger partial charge in [-0.05, 0) is 131 Å². The second kappa shape index (κ2) is 20.2. The Hall–Kier alpha value is -5.31. The van der Waals surface area contributed by atoms with Crippen LogP contribution in [-0.4, -0.2) is 84.0 Å². The van der Waals surface area contributed by atoms with Crippen LogP contribution in [0, 0.1) is 46.3 Å². The molecule has 3 aromatic carbocycles. The van der Waals surface area contributed by atoms with Crippen LogP contribution in [0.3, 0.4) is 0 Å². The summed E-state index contributed by atoms with van der Waals surface area (Å²) in [4.78, 5) is 43.7. The summed E-state index contributed by atoms with van der Waals surface area (Å²) < 4.78 is 42.8. The SMILES string of the molecule is COc1ccc(C(CC23COC([C@H](n4cc(C#CCNC(=O)C56CC7CC(CC(C7)C5)C6)c(=O)[nH]c4=O)O2)[C@H]3OP(OCCC#N)N(C(C)C)C(C)C)(c2ccccc2)c2ccc(OC)cc2)cc1. The molecule has 1 amide bonds. The highest BCUT2D eigenvalue weighted by Crippen LogP contribution is 2.61. The largest absolute Gasteiger partial charge is 0.497 e. The summed E-state index contributed by atoms with van der Waals surface area (Å²) in [6, 6.07) is 28.4. The van der Waals surface area contributed by atoms with Crippen LogP contribution in [0.2, 0.25) is 0 Å². The average Bonchev–Trinajstić information content (AvgIpc) is 3.82. The lowest BCUT2D eigenvalue weighted by Gasteiger charge is -2.55. The van der Waals surface area contributed by atoms with Crippen molar-refractivity contribution in [2.24, 2.45) is 23.2 Å². The first-order chi connectivity index (χ1) is 33.3. The lowest BCUT2D eigenvalue weighted by Crippen LogP contribution is -2.53. The lowest BCUT2D eigenvalue weighted by atomic mass is 9.49. The van der Waals surface area contributed by atoms with Crippen molar-refractivity contribution in [3.63, 3.8) is 0 Å². The summed E-state index contributed by atoms with van der Waals surface area (Å²) in [6.45, 7) is 8.61. The first-order valence-corrected chi connectivity index (χ1v) is 25.5. The number of rotatable bonds is 18. The molecule has 2 saturated heterocycles. The summed E-state index contributed by atoms with van der Waals surface area (Å²) in [7, 11) is 1.44. The second-order valence-corrected chi connectivity index (χ2v) is 21.6. The molecule has 14 nitrogen and oxygen atoms in total. The average molecular weight is 958 g/mol. The topological polar surface area (TPSA) is 166 Å². The fourth-order valence-electron chi connectivity index (χ4n) is 12.6. The van der Waals surface area contributed by atoms with Crippen molar-refractivity contribution in [2.45, 2.75) is 121 Å². The van der Waals surface area contributed by atoms with E-state index in [2.05, 4.69) is 97.0 Å². The Balaban J connectivity index is 1.12. The number of nitrogens with zero attached hydrogens (tertiary/aromatic N) is 3. The van der Waals surface area contributed by atoms with Gasteiger partial charge in [0.1, 0.15) is 34.9 Å². The van der Waals surface area contributed by atoms with Gasteiger partial charge in [-0.2, -0.15) is 5.26 Å². The van der Waals surface area contributed by atoms with Gasteiger partial charge < -0.3 is 33.3 Å². The fraction of sp³-hybridized carbons (Fsp3) is 0.519. The van der Waals surface area contributed by atoms with Crippen LogP contribution in [0.4, 0.5) is 0 Å². The van der Waals surface area contributed by atoms with E-state index in [1.807, 2.05) is 42.5 Å². The Morgan fingerprint density at radius 1 is 0.899 bits per heavy atom. The summed E-state index contributed by atoms with van der Waals surface area (Å²) in [5.41, 5.74) is -0.967. The molecule has 69 heavy (non-hydrogen) atoms. The molecule has 3 heterocycles. The Kier molecular flexibility index (Phi) is 14.3. The predicted molar refractivity (Wildman–Crippen MR) is 261 cm³/mol. The van der Waals surface area contributed by atoms with Gasteiger partial charge in [0, 0.05) is 29.1 Å². The number of ether oxygens (including phenoxy) is 4. The number of amides is 1. The summed E-state index contributed by atoms with van der Waals surface area (Å²) in [6.07, 6.45) is 5.60. The zero-order valence-electron chi connectivity index (χ0n) is 40.4. The third-order valence-corrected chi connectivity index (χ3v) is 17.3. The van der Waals surface area contributed by atoms with E-state index in [1.165, 1.54) is 30.0 Å². The molecule has 0 spiro atoms. The zero-order valence-corrected chi connectivity index (χ0v) is 41.3. The minimum atomic E-state index is -1.83. The van der Waals surface area contributed by atoms with E-state index in [1.54, 1.807) is 14.2 Å². The molecule has 1 aromatic heterocycles. The van der Waals surface area contributed by atoms with Crippen LogP contribution in [-0.2, 0) is 28.7 Å². The van der Waals surface area contributed by atoms with Gasteiger partial charge in [-0.1, -0.05) is 66.4 Å². The molecule has 0 radical (unpaired) electrons. The predicted octanol–water partition coefficient (Wildman–Crippen LogP) is 7.99.